The summed E-state index contributed by atoms with van der Waals surface area (Å²) in [6.45, 7) is 7.74. The van der Waals surface area contributed by atoms with Gasteiger partial charge in [-0.2, -0.15) is 5.10 Å². The third kappa shape index (κ3) is 3.98. The Morgan fingerprint density at radius 3 is 2.55 bits per heavy atom. The predicted octanol–water partition coefficient (Wildman–Crippen LogP) is 3.21. The molecule has 3 rings (SSSR count). The molecule has 0 saturated carbocycles. The molecule has 1 fully saturated rings. The topological polar surface area (TPSA) is 95.2 Å². The molecule has 1 unspecified atom stereocenters. The summed E-state index contributed by atoms with van der Waals surface area (Å²) in [7, 11) is 2.60. The lowest BCUT2D eigenvalue weighted by Gasteiger charge is -2.27. The van der Waals surface area contributed by atoms with Crippen molar-refractivity contribution in [1.29, 1.82) is 5.41 Å². The van der Waals surface area contributed by atoms with E-state index in [1.54, 1.807) is 37.8 Å². The molecule has 29 heavy (non-hydrogen) atoms. The molecule has 2 aromatic heterocycles. The van der Waals surface area contributed by atoms with E-state index in [0.717, 1.165) is 10.9 Å². The molecular formula is C20H25N6O2P. The smallest absolute Gasteiger partial charge is 0.305 e. The summed E-state index contributed by atoms with van der Waals surface area (Å²) in [5, 5.41) is 13.2. The Bertz CT molecular complexity index is 991. The molecule has 0 radical (unpaired) electrons. The van der Waals surface area contributed by atoms with Crippen molar-refractivity contribution in [2.75, 3.05) is 4.90 Å². The maximum Gasteiger partial charge on any atom is 0.332 e. The first kappa shape index (κ1) is 20.9. The molecule has 8 nitrogen and oxygen atoms in total. The van der Waals surface area contributed by atoms with Gasteiger partial charge < -0.3 is 10.3 Å². The maximum absolute atomic E-state index is 13.1. The van der Waals surface area contributed by atoms with Crippen LogP contribution in [-0.4, -0.2) is 42.9 Å². The zero-order valence-electron chi connectivity index (χ0n) is 17.0. The third-order valence-electron chi connectivity index (χ3n) is 5.00. The molecule has 0 bridgehead atoms. The Morgan fingerprint density at radius 1 is 1.24 bits per heavy atom. The van der Waals surface area contributed by atoms with E-state index in [-0.39, 0.29) is 12.5 Å². The summed E-state index contributed by atoms with van der Waals surface area (Å²) in [5.74, 6) is -0.306. The quantitative estimate of drug-likeness (QED) is 0.448. The summed E-state index contributed by atoms with van der Waals surface area (Å²) in [4.78, 5) is 33.1. The molecule has 3 amide bonds. The Labute approximate surface area is 172 Å². The summed E-state index contributed by atoms with van der Waals surface area (Å²) < 4.78 is 1.63. The van der Waals surface area contributed by atoms with Crippen LogP contribution >= 0.6 is 9.24 Å². The number of carbonyl (C=O) groups excluding carboxylic acids is 2. The number of allylic oxidation sites excluding steroid dienone is 2. The van der Waals surface area contributed by atoms with Crippen LogP contribution in [0, 0.1) is 5.41 Å². The Kier molecular flexibility index (Phi) is 5.66. The molecule has 0 aliphatic carbocycles. The molecule has 1 aliphatic heterocycles. The minimum atomic E-state index is -0.996. The molecule has 1 N–H and O–H groups in total. The molecule has 1 aliphatic rings. The van der Waals surface area contributed by atoms with Gasteiger partial charge in [0.1, 0.15) is 5.54 Å². The van der Waals surface area contributed by atoms with E-state index in [2.05, 4.69) is 19.3 Å². The average molecular weight is 412 g/mol. The van der Waals surface area contributed by atoms with Crippen molar-refractivity contribution in [2.24, 2.45) is 0 Å². The average Bonchev–Trinajstić information content (AvgIpc) is 3.17. The van der Waals surface area contributed by atoms with Crippen LogP contribution in [0.4, 0.5) is 10.5 Å². The highest BCUT2D eigenvalue weighted by atomic mass is 31.0. The Hall–Kier alpha value is -2.86. The van der Waals surface area contributed by atoms with Gasteiger partial charge in [-0.25, -0.2) is 9.69 Å². The van der Waals surface area contributed by atoms with Crippen LogP contribution in [0.3, 0.4) is 0 Å². The second kappa shape index (κ2) is 7.87. The fourth-order valence-corrected chi connectivity index (χ4v) is 3.55. The van der Waals surface area contributed by atoms with Gasteiger partial charge in [-0.15, -0.1) is 9.24 Å². The van der Waals surface area contributed by atoms with Crippen molar-refractivity contribution < 1.29 is 9.59 Å². The van der Waals surface area contributed by atoms with Gasteiger partial charge in [-0.1, -0.05) is 6.07 Å². The highest BCUT2D eigenvalue weighted by molar-refractivity contribution is 7.22. The van der Waals surface area contributed by atoms with E-state index in [4.69, 9.17) is 5.41 Å². The Morgan fingerprint density at radius 2 is 1.97 bits per heavy atom. The van der Waals surface area contributed by atoms with Gasteiger partial charge >= 0.3 is 6.03 Å². The molecule has 0 spiro atoms. The molecule has 152 valence electrons. The molecule has 1 saturated heterocycles. The number of nitrogens with one attached hydrogen (secondary N) is 1. The van der Waals surface area contributed by atoms with E-state index >= 15 is 0 Å². The number of rotatable bonds is 6. The Balaban J connectivity index is 1.87. The number of amides is 3. The first-order chi connectivity index (χ1) is 13.6. The number of anilines is 1. The van der Waals surface area contributed by atoms with Crippen LogP contribution in [0.1, 0.15) is 33.4 Å². The van der Waals surface area contributed by atoms with Crippen molar-refractivity contribution in [3.8, 4) is 0 Å². The monoisotopic (exact) mass is 412 g/mol. The molecule has 2 aromatic rings. The van der Waals surface area contributed by atoms with Crippen LogP contribution in [0.2, 0.25) is 0 Å². The normalized spacial score (nSPS) is 17.0. The van der Waals surface area contributed by atoms with Crippen LogP contribution in [0.25, 0.3) is 0 Å². The molecule has 9 heteroatoms. The summed E-state index contributed by atoms with van der Waals surface area (Å²) in [5.41, 5.74) is 1.42. The number of imide groups is 1. The van der Waals surface area contributed by atoms with Crippen molar-refractivity contribution in [1.82, 2.24) is 19.7 Å². The van der Waals surface area contributed by atoms with Crippen molar-refractivity contribution in [3.63, 3.8) is 0 Å². The number of urea groups is 1. The number of carbonyl (C=O) groups is 2. The zero-order valence-corrected chi connectivity index (χ0v) is 18.2. The van der Waals surface area contributed by atoms with Gasteiger partial charge in [-0.05, 0) is 50.7 Å². The van der Waals surface area contributed by atoms with Crippen molar-refractivity contribution in [3.05, 3.63) is 53.4 Å². The van der Waals surface area contributed by atoms with Crippen molar-refractivity contribution in [2.45, 2.75) is 46.3 Å². The van der Waals surface area contributed by atoms with E-state index in [1.807, 2.05) is 25.1 Å². The van der Waals surface area contributed by atoms with Gasteiger partial charge in [0.2, 0.25) is 0 Å². The molecule has 0 aromatic carbocycles. The molecular weight excluding hydrogens is 387 g/mol. The maximum atomic E-state index is 13.1. The molecule has 1 atom stereocenters. The highest BCUT2D eigenvalue weighted by Crippen LogP contribution is 2.33. The lowest BCUT2D eigenvalue weighted by Crippen LogP contribution is -2.43. The first-order valence-corrected chi connectivity index (χ1v) is 9.80. The fourth-order valence-electron chi connectivity index (χ4n) is 3.24. The SMILES string of the molecule is CC(=N)C(Cn1cc(N2C(=O)N(Cc3ccccn3)C(C)(C)C2=O)cn1)=C(C)P. The van der Waals surface area contributed by atoms with Crippen LogP contribution < -0.4 is 4.90 Å². The lowest BCUT2D eigenvalue weighted by molar-refractivity contribution is -0.123. The summed E-state index contributed by atoms with van der Waals surface area (Å²) in [6.07, 6.45) is 4.83. The number of nitrogens with zero attached hydrogens (tertiary/aromatic N) is 5. The van der Waals surface area contributed by atoms with Gasteiger partial charge in [0.25, 0.3) is 5.91 Å². The largest absolute Gasteiger partial charge is 0.332 e. The van der Waals surface area contributed by atoms with Gasteiger partial charge in [-0.3, -0.25) is 14.5 Å². The van der Waals surface area contributed by atoms with Crippen molar-refractivity contribution >= 4 is 32.6 Å². The number of hydrogen-bond donors (Lipinski definition) is 1. The predicted molar refractivity (Wildman–Crippen MR) is 115 cm³/mol. The first-order valence-electron chi connectivity index (χ1n) is 9.22. The van der Waals surface area contributed by atoms with Crippen LogP contribution in [-0.2, 0) is 17.9 Å². The second-order valence-electron chi connectivity index (χ2n) is 7.57. The minimum Gasteiger partial charge on any atom is -0.305 e. The fraction of sp³-hybridized carbons (Fsp3) is 0.350. The second-order valence-corrected chi connectivity index (χ2v) is 8.44. The van der Waals surface area contributed by atoms with E-state index in [9.17, 15) is 9.59 Å². The zero-order chi connectivity index (χ0) is 21.3. The third-order valence-corrected chi connectivity index (χ3v) is 5.34. The lowest BCUT2D eigenvalue weighted by atomic mass is 10.0. The van der Waals surface area contributed by atoms with Gasteiger partial charge in [0.05, 0.1) is 30.7 Å². The summed E-state index contributed by atoms with van der Waals surface area (Å²) >= 11 is 0. The standard InChI is InChI=1S/C20H25N6O2P/c1-13(21)17(14(2)29)12-24-11-16(9-23-24)26-18(27)20(3,4)25(19(26)28)10-15-7-5-6-8-22-15/h5-9,11,21H,10,12,29H2,1-4H3. The van der Waals surface area contributed by atoms with Gasteiger partial charge in [0.15, 0.2) is 0 Å². The summed E-state index contributed by atoms with van der Waals surface area (Å²) in [6, 6.07) is 5.09. The number of aromatic nitrogens is 3. The van der Waals surface area contributed by atoms with Crippen LogP contribution in [0.15, 0.2) is 47.7 Å². The van der Waals surface area contributed by atoms with E-state index in [0.29, 0.717) is 23.6 Å². The molecule has 3 heterocycles. The van der Waals surface area contributed by atoms with E-state index < -0.39 is 11.6 Å². The number of pyridine rings is 1. The van der Waals surface area contributed by atoms with E-state index in [1.165, 1.54) is 16.0 Å². The highest BCUT2D eigenvalue weighted by Gasteiger charge is 2.52. The minimum absolute atomic E-state index is 0.245. The van der Waals surface area contributed by atoms with Gasteiger partial charge in [0, 0.05) is 18.1 Å². The van der Waals surface area contributed by atoms with Crippen LogP contribution in [0.5, 0.6) is 0 Å². The number of hydrogen-bond acceptors (Lipinski definition) is 5.